The summed E-state index contributed by atoms with van der Waals surface area (Å²) in [7, 11) is -3.56. The Bertz CT molecular complexity index is 362. The summed E-state index contributed by atoms with van der Waals surface area (Å²) in [6, 6.07) is 0. The zero-order chi connectivity index (χ0) is 20.2. The predicted octanol–water partition coefficient (Wildman–Crippen LogP) is 8.13. The molecule has 1 saturated heterocycles. The summed E-state index contributed by atoms with van der Waals surface area (Å²) in [5, 5.41) is 0. The van der Waals surface area contributed by atoms with E-state index >= 15 is 0 Å². The Morgan fingerprint density at radius 3 is 1.57 bits per heavy atom. The van der Waals surface area contributed by atoms with Crippen LogP contribution in [-0.2, 0) is 23.2 Å². The third kappa shape index (κ3) is 15.9. The molecule has 0 spiro atoms. The molecule has 1 aliphatic heterocycles. The van der Waals surface area contributed by atoms with Gasteiger partial charge in [-0.1, -0.05) is 103 Å². The Balaban J connectivity index is 1.94. The molecule has 0 aromatic rings. The summed E-state index contributed by atoms with van der Waals surface area (Å²) in [4.78, 5) is 5.15. The van der Waals surface area contributed by atoms with Gasteiger partial charge in [0.2, 0.25) is 0 Å². The van der Waals surface area contributed by atoms with Crippen LogP contribution in [0.4, 0.5) is 0 Å². The third-order valence-electron chi connectivity index (χ3n) is 5.26. The third-order valence-corrected chi connectivity index (χ3v) is 6.55. The summed E-state index contributed by atoms with van der Waals surface area (Å²) in [6.07, 6.45) is 21.9. The zero-order valence-corrected chi connectivity index (χ0v) is 19.2. The highest BCUT2D eigenvalue weighted by atomic mass is 31.2. The molecule has 0 unspecified atom stereocenters. The fraction of sp³-hybridized carbons (Fsp3) is 1.00. The van der Waals surface area contributed by atoms with Gasteiger partial charge in [0.15, 0.2) is 0 Å². The average Bonchev–Trinajstić information content (AvgIpc) is 2.74. The molecule has 0 saturated carbocycles. The van der Waals surface area contributed by atoms with Crippen molar-refractivity contribution in [3.05, 3.63) is 0 Å². The van der Waals surface area contributed by atoms with Crippen LogP contribution in [0, 0.1) is 0 Å². The van der Waals surface area contributed by atoms with E-state index in [0.29, 0.717) is 19.8 Å². The van der Waals surface area contributed by atoms with E-state index in [4.69, 9.17) is 18.6 Å². The van der Waals surface area contributed by atoms with Crippen LogP contribution < -0.4 is 0 Å². The Morgan fingerprint density at radius 1 is 0.643 bits per heavy atom. The Labute approximate surface area is 173 Å². The summed E-state index contributed by atoms with van der Waals surface area (Å²) < 4.78 is 28.3. The molecular formula is C22H45O5P. The first kappa shape index (κ1) is 26.1. The highest BCUT2D eigenvalue weighted by molar-refractivity contribution is 7.48. The minimum absolute atomic E-state index is 0.402. The molecule has 0 N–H and O–H groups in total. The summed E-state index contributed by atoms with van der Waals surface area (Å²) in [6.45, 7) is 3.51. The smallest absolute Gasteiger partial charge is 0.285 e. The normalized spacial score (nSPS) is 18.6. The van der Waals surface area contributed by atoms with E-state index in [2.05, 4.69) is 6.92 Å². The lowest BCUT2D eigenvalue weighted by Gasteiger charge is -2.16. The molecule has 0 amide bonds. The monoisotopic (exact) mass is 420 g/mol. The van der Waals surface area contributed by atoms with Gasteiger partial charge in [-0.05, 0) is 19.3 Å². The highest BCUT2D eigenvalue weighted by Gasteiger charge is 2.28. The lowest BCUT2D eigenvalue weighted by Crippen LogP contribution is -2.04. The predicted molar refractivity (Wildman–Crippen MR) is 115 cm³/mol. The molecule has 1 rings (SSSR count). The SMILES string of the molecule is CCCCCCCCCCCCCCOOP1(=O)OCCCCCCCCO1. The molecule has 1 heterocycles. The quantitative estimate of drug-likeness (QED) is 0.116. The molecular weight excluding hydrogens is 375 g/mol. The minimum atomic E-state index is -3.56. The first-order valence-corrected chi connectivity index (χ1v) is 13.4. The van der Waals surface area contributed by atoms with Crippen LogP contribution in [-0.4, -0.2) is 19.8 Å². The lowest BCUT2D eigenvalue weighted by atomic mass is 10.1. The second-order valence-corrected chi connectivity index (χ2v) is 9.58. The molecule has 168 valence electrons. The molecule has 0 aromatic carbocycles. The van der Waals surface area contributed by atoms with Crippen LogP contribution in [0.2, 0.25) is 0 Å². The van der Waals surface area contributed by atoms with Crippen LogP contribution in [0.5, 0.6) is 0 Å². The molecule has 6 heteroatoms. The maximum atomic E-state index is 12.5. The van der Waals surface area contributed by atoms with Gasteiger partial charge in [0.25, 0.3) is 0 Å². The molecule has 28 heavy (non-hydrogen) atoms. The van der Waals surface area contributed by atoms with Crippen LogP contribution in [0.1, 0.15) is 122 Å². The van der Waals surface area contributed by atoms with E-state index in [1.165, 1.54) is 77.0 Å². The van der Waals surface area contributed by atoms with Crippen molar-refractivity contribution >= 4 is 7.82 Å². The van der Waals surface area contributed by atoms with E-state index in [0.717, 1.165) is 38.5 Å². The number of phosphoric acid groups is 1. The molecule has 1 fully saturated rings. The van der Waals surface area contributed by atoms with Crippen molar-refractivity contribution in [1.82, 2.24) is 0 Å². The van der Waals surface area contributed by atoms with Crippen molar-refractivity contribution in [3.63, 3.8) is 0 Å². The highest BCUT2D eigenvalue weighted by Crippen LogP contribution is 2.50. The van der Waals surface area contributed by atoms with E-state index in [1.54, 1.807) is 0 Å². The average molecular weight is 421 g/mol. The van der Waals surface area contributed by atoms with Crippen LogP contribution in [0.3, 0.4) is 0 Å². The van der Waals surface area contributed by atoms with Crippen molar-refractivity contribution in [1.29, 1.82) is 0 Å². The van der Waals surface area contributed by atoms with Crippen LogP contribution in [0.15, 0.2) is 0 Å². The van der Waals surface area contributed by atoms with Gasteiger partial charge >= 0.3 is 7.82 Å². The number of hydrogen-bond acceptors (Lipinski definition) is 5. The summed E-state index contributed by atoms with van der Waals surface area (Å²) >= 11 is 0. The van der Waals surface area contributed by atoms with Gasteiger partial charge < -0.3 is 0 Å². The van der Waals surface area contributed by atoms with Crippen molar-refractivity contribution in [2.45, 2.75) is 122 Å². The number of phosphoric ester groups is 1. The van der Waals surface area contributed by atoms with Gasteiger partial charge in [0.1, 0.15) is 0 Å². The largest absolute Gasteiger partial charge is 0.502 e. The molecule has 0 aliphatic carbocycles. The number of hydrogen-bond donors (Lipinski definition) is 0. The zero-order valence-electron chi connectivity index (χ0n) is 18.3. The first-order valence-electron chi connectivity index (χ1n) is 12.0. The maximum Gasteiger partial charge on any atom is 0.502 e. The Morgan fingerprint density at radius 2 is 1.07 bits per heavy atom. The van der Waals surface area contributed by atoms with Crippen LogP contribution >= 0.6 is 7.82 Å². The maximum absolute atomic E-state index is 12.5. The van der Waals surface area contributed by atoms with Gasteiger partial charge in [-0.2, -0.15) is 0 Å². The molecule has 1 aliphatic rings. The second-order valence-electron chi connectivity index (χ2n) is 8.02. The van der Waals surface area contributed by atoms with Crippen molar-refractivity contribution < 1.29 is 23.2 Å². The standard InChI is InChI=1S/C22H45O5P/c1-2-3-4-5-6-7-8-9-10-11-14-17-20-24-27-28(23)25-21-18-15-12-13-16-19-22-26-28/h2-22H2,1H3. The summed E-state index contributed by atoms with van der Waals surface area (Å²) in [5.41, 5.74) is 0. The fourth-order valence-electron chi connectivity index (χ4n) is 3.45. The molecule has 0 radical (unpaired) electrons. The first-order chi connectivity index (χ1) is 13.8. The molecule has 0 bridgehead atoms. The lowest BCUT2D eigenvalue weighted by molar-refractivity contribution is -0.227. The molecule has 0 aromatic heterocycles. The van der Waals surface area contributed by atoms with E-state index < -0.39 is 7.82 Å². The topological polar surface area (TPSA) is 54.0 Å². The van der Waals surface area contributed by atoms with E-state index in [-0.39, 0.29) is 0 Å². The van der Waals surface area contributed by atoms with Crippen molar-refractivity contribution in [2.75, 3.05) is 19.8 Å². The number of rotatable bonds is 15. The molecule has 0 atom stereocenters. The van der Waals surface area contributed by atoms with Crippen molar-refractivity contribution in [3.8, 4) is 0 Å². The van der Waals surface area contributed by atoms with Gasteiger partial charge in [0, 0.05) is 0 Å². The van der Waals surface area contributed by atoms with Gasteiger partial charge in [-0.3, -0.25) is 9.05 Å². The van der Waals surface area contributed by atoms with Crippen LogP contribution in [0.25, 0.3) is 0 Å². The van der Waals surface area contributed by atoms with Gasteiger partial charge in [-0.25, -0.2) is 9.45 Å². The van der Waals surface area contributed by atoms with E-state index in [1.807, 2.05) is 0 Å². The van der Waals surface area contributed by atoms with Crippen molar-refractivity contribution in [2.24, 2.45) is 0 Å². The van der Waals surface area contributed by atoms with Gasteiger partial charge in [-0.15, -0.1) is 4.67 Å². The number of unbranched alkanes of at least 4 members (excludes halogenated alkanes) is 11. The summed E-state index contributed by atoms with van der Waals surface area (Å²) in [5.74, 6) is 0. The van der Waals surface area contributed by atoms with E-state index in [9.17, 15) is 4.57 Å². The molecule has 5 nitrogen and oxygen atoms in total. The fourth-order valence-corrected chi connectivity index (χ4v) is 4.52. The minimum Gasteiger partial charge on any atom is -0.285 e. The van der Waals surface area contributed by atoms with Gasteiger partial charge in [0.05, 0.1) is 19.8 Å². The Kier molecular flexibility index (Phi) is 17.8. The Hall–Kier alpha value is 0.0700. The second kappa shape index (κ2) is 19.1.